The number of esters is 1. The quantitative estimate of drug-likeness (QED) is 0.138. The zero-order valence-electron chi connectivity index (χ0n) is 16.7. The number of nitrogens with zero attached hydrogens (tertiary/aromatic N) is 2. The number of alkyl carbamates (subject to hydrolysis) is 1. The third-order valence-electron chi connectivity index (χ3n) is 3.34. The first kappa shape index (κ1) is 23.7. The highest BCUT2D eigenvalue weighted by molar-refractivity contribution is 5.81. The van der Waals surface area contributed by atoms with Crippen LogP contribution in [-0.2, 0) is 20.9 Å². The number of nitrogens with one attached hydrogen (secondary N) is 2. The minimum absolute atomic E-state index is 0.0566. The van der Waals surface area contributed by atoms with Crippen molar-refractivity contribution in [3.63, 3.8) is 0 Å². The summed E-state index contributed by atoms with van der Waals surface area (Å²) < 4.78 is 10.5. The van der Waals surface area contributed by atoms with Gasteiger partial charge in [-0.1, -0.05) is 35.8 Å². The van der Waals surface area contributed by atoms with Crippen LogP contribution in [0.1, 0.15) is 39.2 Å². The molecule has 0 aliphatic heterocycles. The molecule has 1 amide bonds. The number of benzene rings is 1. The molecule has 11 nitrogen and oxygen atoms in total. The van der Waals surface area contributed by atoms with E-state index >= 15 is 0 Å². The maximum Gasteiger partial charge on any atom is 0.408 e. The molecule has 0 heterocycles. The van der Waals surface area contributed by atoms with Gasteiger partial charge in [-0.15, -0.1) is 0 Å². The van der Waals surface area contributed by atoms with Gasteiger partial charge in [0.05, 0.1) is 0 Å². The van der Waals surface area contributed by atoms with E-state index in [4.69, 9.17) is 15.2 Å². The van der Waals surface area contributed by atoms with Crippen molar-refractivity contribution in [3.8, 4) is 0 Å². The average Bonchev–Trinajstić information content (AvgIpc) is 2.61. The molecule has 0 unspecified atom stereocenters. The van der Waals surface area contributed by atoms with E-state index in [9.17, 15) is 19.7 Å². The molecule has 0 saturated carbocycles. The molecule has 1 rings (SSSR count). The molecule has 0 spiro atoms. The summed E-state index contributed by atoms with van der Waals surface area (Å²) >= 11 is 0. The molecule has 4 N–H and O–H groups in total. The molecule has 0 saturated heterocycles. The number of carbonyl (C=O) groups excluding carboxylic acids is 2. The molecule has 0 radical (unpaired) electrons. The highest BCUT2D eigenvalue weighted by Crippen LogP contribution is 2.11. The van der Waals surface area contributed by atoms with Crippen molar-refractivity contribution in [3.05, 3.63) is 46.0 Å². The fourth-order valence-electron chi connectivity index (χ4n) is 2.15. The van der Waals surface area contributed by atoms with Gasteiger partial charge in [-0.25, -0.2) is 24.7 Å². The van der Waals surface area contributed by atoms with Gasteiger partial charge < -0.3 is 20.5 Å². The van der Waals surface area contributed by atoms with Crippen molar-refractivity contribution < 1.29 is 24.1 Å². The van der Waals surface area contributed by atoms with Gasteiger partial charge in [0.15, 0.2) is 5.03 Å². The number of amides is 1. The second-order valence-electron chi connectivity index (χ2n) is 7.07. The van der Waals surface area contributed by atoms with Crippen LogP contribution in [0.25, 0.3) is 0 Å². The number of ether oxygens (including phenoxy) is 2. The zero-order valence-corrected chi connectivity index (χ0v) is 16.7. The topological polar surface area (TPSA) is 158 Å². The Labute approximate surface area is 168 Å². The molecule has 1 aromatic rings. The molecule has 0 aliphatic carbocycles. The third kappa shape index (κ3) is 11.2. The molecular weight excluding hydrogens is 382 g/mol. The lowest BCUT2D eigenvalue weighted by Gasteiger charge is -2.24. The normalized spacial score (nSPS) is 12.6. The van der Waals surface area contributed by atoms with Crippen LogP contribution < -0.4 is 16.5 Å². The minimum atomic E-state index is -0.961. The van der Waals surface area contributed by atoms with Crippen LogP contribution in [-0.4, -0.2) is 41.2 Å². The van der Waals surface area contributed by atoms with Crippen molar-refractivity contribution in [2.45, 2.75) is 51.9 Å². The maximum atomic E-state index is 12.4. The van der Waals surface area contributed by atoms with Crippen LogP contribution in [0.15, 0.2) is 35.3 Å². The van der Waals surface area contributed by atoms with Gasteiger partial charge in [-0.3, -0.25) is 0 Å². The molecular formula is C18H27N5O6. The number of nitro groups is 1. The van der Waals surface area contributed by atoms with Gasteiger partial charge in [-0.2, -0.15) is 0 Å². The second-order valence-corrected chi connectivity index (χ2v) is 7.07. The summed E-state index contributed by atoms with van der Waals surface area (Å²) in [6.07, 6.45) is -0.254. The average molecular weight is 409 g/mol. The lowest BCUT2D eigenvalue weighted by molar-refractivity contribution is -0.525. The molecule has 0 bridgehead atoms. The largest absolute Gasteiger partial charge is 0.458 e. The van der Waals surface area contributed by atoms with E-state index in [2.05, 4.69) is 10.3 Å². The van der Waals surface area contributed by atoms with E-state index in [1.807, 2.05) is 18.2 Å². The molecule has 160 valence electrons. The number of hydrogen-bond acceptors (Lipinski definition) is 7. The van der Waals surface area contributed by atoms with Gasteiger partial charge in [0.25, 0.3) is 5.96 Å². The number of hydrogen-bond donors (Lipinski definition) is 3. The van der Waals surface area contributed by atoms with Gasteiger partial charge in [-0.05, 0) is 39.2 Å². The lowest BCUT2D eigenvalue weighted by Crippen LogP contribution is -2.44. The fraction of sp³-hybridized carbons (Fsp3) is 0.500. The van der Waals surface area contributed by atoms with Crippen LogP contribution in [0.4, 0.5) is 4.79 Å². The van der Waals surface area contributed by atoms with Crippen molar-refractivity contribution in [1.29, 1.82) is 0 Å². The minimum Gasteiger partial charge on any atom is -0.458 e. The van der Waals surface area contributed by atoms with Gasteiger partial charge in [0.1, 0.15) is 18.2 Å². The predicted molar refractivity (Wildman–Crippen MR) is 105 cm³/mol. The highest BCUT2D eigenvalue weighted by Gasteiger charge is 2.26. The zero-order chi connectivity index (χ0) is 21.9. The number of aliphatic imine (C=N–C) groups is 1. The van der Waals surface area contributed by atoms with Gasteiger partial charge in [0, 0.05) is 6.54 Å². The summed E-state index contributed by atoms with van der Waals surface area (Å²) in [4.78, 5) is 38.5. The molecule has 1 aromatic carbocycles. The summed E-state index contributed by atoms with van der Waals surface area (Å²) in [5.74, 6) is -0.964. The first-order valence-electron chi connectivity index (χ1n) is 8.98. The van der Waals surface area contributed by atoms with E-state index < -0.39 is 28.7 Å². The predicted octanol–water partition coefficient (Wildman–Crippen LogP) is 1.50. The number of carbonyl (C=O) groups is 2. The Hall–Kier alpha value is -3.37. The van der Waals surface area contributed by atoms with Gasteiger partial charge >= 0.3 is 12.1 Å². The SMILES string of the molecule is CC(C)(C)OC(=O)[C@H](CCCN=C(N)N[N+](=O)[O-])NC(=O)OCc1ccccc1. The first-order chi connectivity index (χ1) is 13.6. The van der Waals surface area contributed by atoms with Crippen LogP contribution in [0.3, 0.4) is 0 Å². The van der Waals surface area contributed by atoms with Crippen molar-refractivity contribution in [2.75, 3.05) is 6.54 Å². The molecule has 0 aromatic heterocycles. The summed E-state index contributed by atoms with van der Waals surface area (Å²) in [5.41, 5.74) is 7.12. The highest BCUT2D eigenvalue weighted by atomic mass is 16.7. The number of hydrazine groups is 1. The van der Waals surface area contributed by atoms with Crippen LogP contribution >= 0.6 is 0 Å². The maximum absolute atomic E-state index is 12.4. The second kappa shape index (κ2) is 11.5. The molecule has 11 heteroatoms. The Balaban J connectivity index is 2.61. The van der Waals surface area contributed by atoms with E-state index in [0.29, 0.717) is 6.42 Å². The molecule has 1 atom stereocenters. The Morgan fingerprint density at radius 1 is 1.28 bits per heavy atom. The van der Waals surface area contributed by atoms with E-state index in [1.165, 1.54) is 0 Å². The Kier molecular flexibility index (Phi) is 9.36. The Morgan fingerprint density at radius 2 is 1.93 bits per heavy atom. The van der Waals surface area contributed by atoms with Crippen molar-refractivity contribution in [2.24, 2.45) is 10.7 Å². The smallest absolute Gasteiger partial charge is 0.408 e. The summed E-state index contributed by atoms with van der Waals surface area (Å²) in [7, 11) is 0. The monoisotopic (exact) mass is 409 g/mol. The van der Waals surface area contributed by atoms with E-state index in [-0.39, 0.29) is 25.5 Å². The van der Waals surface area contributed by atoms with E-state index in [1.54, 1.807) is 38.3 Å². The summed E-state index contributed by atoms with van der Waals surface area (Å²) in [6.45, 7) is 5.31. The molecule has 29 heavy (non-hydrogen) atoms. The standard InChI is InChI=1S/C18H27N5O6/c1-18(2,3)29-15(24)14(10-7-11-20-16(19)22-23(26)27)21-17(25)28-12-13-8-5-4-6-9-13/h4-6,8-9,14H,7,10-12H2,1-3H3,(H,21,25)(H3,19,20,22)/t14-/m0/s1. The Bertz CT molecular complexity index is 717. The fourth-order valence-corrected chi connectivity index (χ4v) is 2.15. The van der Waals surface area contributed by atoms with Crippen molar-refractivity contribution in [1.82, 2.24) is 10.7 Å². The molecule has 0 fully saturated rings. The van der Waals surface area contributed by atoms with Gasteiger partial charge in [0.2, 0.25) is 0 Å². The number of rotatable bonds is 9. The summed E-state index contributed by atoms with van der Waals surface area (Å²) in [6, 6.07) is 8.14. The van der Waals surface area contributed by atoms with Crippen LogP contribution in [0, 0.1) is 10.1 Å². The van der Waals surface area contributed by atoms with E-state index in [0.717, 1.165) is 5.56 Å². The van der Waals surface area contributed by atoms with Crippen LogP contribution in [0.5, 0.6) is 0 Å². The van der Waals surface area contributed by atoms with Crippen LogP contribution in [0.2, 0.25) is 0 Å². The lowest BCUT2D eigenvalue weighted by atomic mass is 10.1. The summed E-state index contributed by atoms with van der Waals surface area (Å²) in [5, 5.41) is 11.9. The number of nitrogens with two attached hydrogens (primary N) is 1. The number of guanidine groups is 1. The third-order valence-corrected chi connectivity index (χ3v) is 3.34. The van der Waals surface area contributed by atoms with Crippen molar-refractivity contribution >= 4 is 18.0 Å². The molecule has 0 aliphatic rings. The first-order valence-corrected chi connectivity index (χ1v) is 8.98. The Morgan fingerprint density at radius 3 is 2.52 bits per heavy atom.